The Labute approximate surface area is 126 Å². The Morgan fingerprint density at radius 1 is 1.57 bits per heavy atom. The summed E-state index contributed by atoms with van der Waals surface area (Å²) in [4.78, 5) is 17.8. The molecule has 2 aromatic heterocycles. The number of carbonyl (C=O) groups excluding carboxylic acids is 1. The molecule has 0 aliphatic carbocycles. The second-order valence-corrected chi connectivity index (χ2v) is 4.91. The Hall–Kier alpha value is -1.93. The van der Waals surface area contributed by atoms with Crippen molar-refractivity contribution in [3.8, 4) is 0 Å². The molecule has 2 aromatic rings. The lowest BCUT2D eigenvalue weighted by Gasteiger charge is -2.13. The number of methoxy groups -OCH3 is 1. The number of nitrogens with zero attached hydrogens (tertiary/aromatic N) is 5. The number of rotatable bonds is 6. The van der Waals surface area contributed by atoms with E-state index in [1.54, 1.807) is 27.4 Å². The quantitative estimate of drug-likeness (QED) is 0.788. The predicted molar refractivity (Wildman–Crippen MR) is 73.9 cm³/mol. The van der Waals surface area contributed by atoms with Gasteiger partial charge in [0, 0.05) is 33.8 Å². The molecule has 21 heavy (non-hydrogen) atoms. The molecule has 0 aromatic carbocycles. The zero-order valence-corrected chi connectivity index (χ0v) is 12.8. The van der Waals surface area contributed by atoms with E-state index in [0.717, 1.165) is 0 Å². The fourth-order valence-corrected chi connectivity index (χ4v) is 1.97. The third-order valence-corrected chi connectivity index (χ3v) is 3.02. The first kappa shape index (κ1) is 15.5. The summed E-state index contributed by atoms with van der Waals surface area (Å²) in [5.74, 6) is 0.588. The van der Waals surface area contributed by atoms with Crippen LogP contribution in [0, 0.1) is 0 Å². The van der Waals surface area contributed by atoms with Crippen LogP contribution in [-0.2, 0) is 24.8 Å². The minimum absolute atomic E-state index is 0.186. The Kier molecular flexibility index (Phi) is 4.92. The van der Waals surface area contributed by atoms with Crippen molar-refractivity contribution in [2.24, 2.45) is 7.05 Å². The summed E-state index contributed by atoms with van der Waals surface area (Å²) in [7, 11) is 4.92. The Morgan fingerprint density at radius 3 is 2.95 bits per heavy atom. The molecule has 0 aliphatic rings. The molecular formula is C12H16ClN5O3. The van der Waals surface area contributed by atoms with E-state index in [2.05, 4.69) is 15.2 Å². The summed E-state index contributed by atoms with van der Waals surface area (Å²) in [6.45, 7) is 0.697. The number of aromatic nitrogens is 4. The van der Waals surface area contributed by atoms with E-state index in [1.807, 2.05) is 0 Å². The van der Waals surface area contributed by atoms with Gasteiger partial charge in [0.2, 0.25) is 5.89 Å². The topological polar surface area (TPSA) is 86.3 Å². The minimum Gasteiger partial charge on any atom is -0.384 e. The van der Waals surface area contributed by atoms with Crippen LogP contribution >= 0.6 is 11.6 Å². The van der Waals surface area contributed by atoms with Crippen molar-refractivity contribution >= 4 is 17.5 Å². The number of carbonyl (C=O) groups is 1. The summed E-state index contributed by atoms with van der Waals surface area (Å²) >= 11 is 5.95. The first-order valence-corrected chi connectivity index (χ1v) is 6.64. The summed E-state index contributed by atoms with van der Waals surface area (Å²) in [6, 6.07) is 0. The van der Waals surface area contributed by atoms with Gasteiger partial charge in [-0.2, -0.15) is 10.1 Å². The number of halogens is 1. The van der Waals surface area contributed by atoms with Gasteiger partial charge in [0.25, 0.3) is 5.91 Å². The maximum absolute atomic E-state index is 12.2. The first-order valence-electron chi connectivity index (χ1n) is 6.26. The van der Waals surface area contributed by atoms with Crippen LogP contribution in [-0.4, -0.2) is 51.5 Å². The number of amides is 1. The Bertz CT molecular complexity index is 624. The van der Waals surface area contributed by atoms with E-state index in [-0.39, 0.29) is 18.1 Å². The second kappa shape index (κ2) is 6.68. The smallest absolute Gasteiger partial charge is 0.276 e. The van der Waals surface area contributed by atoms with E-state index < -0.39 is 0 Å². The van der Waals surface area contributed by atoms with E-state index in [4.69, 9.17) is 20.9 Å². The van der Waals surface area contributed by atoms with Crippen LogP contribution in [0.1, 0.15) is 22.2 Å². The second-order valence-electron chi connectivity index (χ2n) is 4.51. The molecule has 2 heterocycles. The van der Waals surface area contributed by atoms with Crippen LogP contribution in [0.25, 0.3) is 0 Å². The SMILES string of the molecule is COCCc1noc(CN(C)C(=O)c2nn(C)cc2Cl)n1. The van der Waals surface area contributed by atoms with Gasteiger partial charge in [-0.25, -0.2) is 0 Å². The summed E-state index contributed by atoms with van der Waals surface area (Å²) in [5, 5.41) is 8.15. The Balaban J connectivity index is 2.00. The zero-order chi connectivity index (χ0) is 15.4. The fraction of sp³-hybridized carbons (Fsp3) is 0.500. The number of ether oxygens (including phenoxy) is 1. The molecule has 0 unspecified atom stereocenters. The number of aryl methyl sites for hydroxylation is 1. The lowest BCUT2D eigenvalue weighted by atomic mass is 10.3. The van der Waals surface area contributed by atoms with Crippen LogP contribution < -0.4 is 0 Å². The number of hydrogen-bond donors (Lipinski definition) is 0. The summed E-state index contributed by atoms with van der Waals surface area (Å²) in [6.07, 6.45) is 2.13. The molecule has 1 amide bonds. The van der Waals surface area contributed by atoms with Gasteiger partial charge in [-0.15, -0.1) is 0 Å². The highest BCUT2D eigenvalue weighted by molar-refractivity contribution is 6.33. The first-order chi connectivity index (χ1) is 10.0. The maximum atomic E-state index is 12.2. The van der Waals surface area contributed by atoms with Gasteiger partial charge in [-0.05, 0) is 0 Å². The maximum Gasteiger partial charge on any atom is 0.276 e. The summed E-state index contributed by atoms with van der Waals surface area (Å²) in [5.41, 5.74) is 0.195. The molecule has 0 saturated heterocycles. The monoisotopic (exact) mass is 313 g/mol. The van der Waals surface area contributed by atoms with Gasteiger partial charge in [0.1, 0.15) is 6.54 Å². The molecule has 0 N–H and O–H groups in total. The average molecular weight is 314 g/mol. The normalized spacial score (nSPS) is 10.9. The highest BCUT2D eigenvalue weighted by Crippen LogP contribution is 2.15. The van der Waals surface area contributed by atoms with Gasteiger partial charge in [0.15, 0.2) is 11.5 Å². The van der Waals surface area contributed by atoms with Gasteiger partial charge in [-0.1, -0.05) is 16.8 Å². The standard InChI is InChI=1S/C12H16ClN5O3/c1-17(12(19)11-8(13)6-18(2)15-11)7-10-14-9(16-21-10)4-5-20-3/h6H,4-5,7H2,1-3H3. The van der Waals surface area contributed by atoms with Gasteiger partial charge < -0.3 is 14.2 Å². The van der Waals surface area contributed by atoms with Crippen molar-refractivity contribution < 1.29 is 14.1 Å². The molecule has 0 spiro atoms. The lowest BCUT2D eigenvalue weighted by molar-refractivity contribution is 0.0763. The molecule has 8 nitrogen and oxygen atoms in total. The van der Waals surface area contributed by atoms with Crippen molar-refractivity contribution in [1.29, 1.82) is 0 Å². The van der Waals surface area contributed by atoms with Crippen molar-refractivity contribution in [3.05, 3.63) is 28.6 Å². The highest BCUT2D eigenvalue weighted by atomic mass is 35.5. The molecular weight excluding hydrogens is 298 g/mol. The molecule has 0 atom stereocenters. The predicted octanol–water partition coefficient (Wildman–Crippen LogP) is 0.918. The van der Waals surface area contributed by atoms with E-state index in [9.17, 15) is 4.79 Å². The van der Waals surface area contributed by atoms with Crippen LogP contribution in [0.15, 0.2) is 10.7 Å². The van der Waals surface area contributed by atoms with Crippen LogP contribution in [0.3, 0.4) is 0 Å². The van der Waals surface area contributed by atoms with E-state index >= 15 is 0 Å². The van der Waals surface area contributed by atoms with Gasteiger partial charge >= 0.3 is 0 Å². The third-order valence-electron chi connectivity index (χ3n) is 2.75. The zero-order valence-electron chi connectivity index (χ0n) is 12.0. The van der Waals surface area contributed by atoms with Crippen LogP contribution in [0.2, 0.25) is 5.02 Å². The van der Waals surface area contributed by atoms with Gasteiger partial charge in [-0.3, -0.25) is 9.48 Å². The lowest BCUT2D eigenvalue weighted by Crippen LogP contribution is -2.27. The molecule has 114 valence electrons. The van der Waals surface area contributed by atoms with Crippen LogP contribution in [0.4, 0.5) is 0 Å². The van der Waals surface area contributed by atoms with E-state index in [1.165, 1.54) is 9.58 Å². The molecule has 0 fully saturated rings. The van der Waals surface area contributed by atoms with Crippen molar-refractivity contribution in [2.75, 3.05) is 20.8 Å². The largest absolute Gasteiger partial charge is 0.384 e. The third kappa shape index (κ3) is 3.79. The van der Waals surface area contributed by atoms with E-state index in [0.29, 0.717) is 29.8 Å². The molecule has 0 saturated carbocycles. The molecule has 2 rings (SSSR count). The average Bonchev–Trinajstić information content (AvgIpc) is 3.02. The molecule has 0 radical (unpaired) electrons. The minimum atomic E-state index is -0.308. The summed E-state index contributed by atoms with van der Waals surface area (Å²) < 4.78 is 11.5. The Morgan fingerprint density at radius 2 is 2.33 bits per heavy atom. The van der Waals surface area contributed by atoms with Crippen molar-refractivity contribution in [2.45, 2.75) is 13.0 Å². The highest BCUT2D eigenvalue weighted by Gasteiger charge is 2.20. The van der Waals surface area contributed by atoms with Crippen molar-refractivity contribution in [3.63, 3.8) is 0 Å². The molecule has 9 heteroatoms. The molecule has 0 aliphatic heterocycles. The molecule has 0 bridgehead atoms. The van der Waals surface area contributed by atoms with Crippen molar-refractivity contribution in [1.82, 2.24) is 24.8 Å². The van der Waals surface area contributed by atoms with Gasteiger partial charge in [0.05, 0.1) is 11.6 Å². The fourth-order valence-electron chi connectivity index (χ4n) is 1.71. The number of hydrogen-bond acceptors (Lipinski definition) is 6. The van der Waals surface area contributed by atoms with Crippen LogP contribution in [0.5, 0.6) is 0 Å².